The molecular formula is C17H19FN4O. The second-order valence-electron chi connectivity index (χ2n) is 5.79. The van der Waals surface area contributed by atoms with Crippen molar-refractivity contribution in [2.75, 3.05) is 5.32 Å². The van der Waals surface area contributed by atoms with Gasteiger partial charge >= 0.3 is 6.03 Å². The largest absolute Gasteiger partial charge is 0.322 e. The minimum atomic E-state index is -0.289. The van der Waals surface area contributed by atoms with E-state index in [4.69, 9.17) is 0 Å². The Morgan fingerprint density at radius 2 is 2.09 bits per heavy atom. The molecule has 1 saturated carbocycles. The maximum atomic E-state index is 13.4. The number of carbonyl (C=O) groups excluding carboxylic acids is 1. The van der Waals surface area contributed by atoms with Crippen LogP contribution < -0.4 is 5.32 Å². The summed E-state index contributed by atoms with van der Waals surface area (Å²) in [6, 6.07) is 6.36. The van der Waals surface area contributed by atoms with Crippen LogP contribution in [0.5, 0.6) is 0 Å². The number of halogens is 1. The van der Waals surface area contributed by atoms with E-state index in [1.165, 1.54) is 12.1 Å². The van der Waals surface area contributed by atoms with E-state index in [1.54, 1.807) is 30.3 Å². The molecule has 1 aliphatic rings. The minimum absolute atomic E-state index is 0.199. The van der Waals surface area contributed by atoms with Gasteiger partial charge in [-0.15, -0.1) is 0 Å². The van der Waals surface area contributed by atoms with Gasteiger partial charge in [-0.3, -0.25) is 0 Å². The average Bonchev–Trinajstić information content (AvgIpc) is 2.47. The van der Waals surface area contributed by atoms with Crippen LogP contribution in [0.25, 0.3) is 0 Å². The molecule has 0 atom stereocenters. The molecule has 1 aromatic carbocycles. The topological polar surface area (TPSA) is 58.1 Å². The Morgan fingerprint density at radius 1 is 1.35 bits per heavy atom. The van der Waals surface area contributed by atoms with Gasteiger partial charge in [0.1, 0.15) is 11.6 Å². The normalized spacial score (nSPS) is 14.2. The lowest BCUT2D eigenvalue weighted by molar-refractivity contribution is 0.143. The van der Waals surface area contributed by atoms with Gasteiger partial charge in [0.25, 0.3) is 0 Å². The second-order valence-corrected chi connectivity index (χ2v) is 5.79. The van der Waals surface area contributed by atoms with Gasteiger partial charge in [-0.05, 0) is 43.9 Å². The molecule has 120 valence electrons. The third-order valence-corrected chi connectivity index (χ3v) is 4.05. The molecule has 6 heteroatoms. The SMILES string of the molecule is Cc1ncc(NC(=O)N(Cc2cccc(F)c2)C2CCC2)cn1. The van der Waals surface area contributed by atoms with Crippen molar-refractivity contribution >= 4 is 11.7 Å². The van der Waals surface area contributed by atoms with Gasteiger partial charge in [-0.2, -0.15) is 0 Å². The van der Waals surface area contributed by atoms with E-state index in [0.29, 0.717) is 18.1 Å². The first-order valence-electron chi connectivity index (χ1n) is 7.72. The fourth-order valence-electron chi connectivity index (χ4n) is 2.55. The number of amides is 2. The van der Waals surface area contributed by atoms with Crippen molar-refractivity contribution in [2.24, 2.45) is 0 Å². The number of hydrogen-bond donors (Lipinski definition) is 1. The predicted molar refractivity (Wildman–Crippen MR) is 85.4 cm³/mol. The molecule has 0 unspecified atom stereocenters. The molecule has 1 heterocycles. The summed E-state index contributed by atoms with van der Waals surface area (Å²) in [4.78, 5) is 22.5. The second kappa shape index (κ2) is 6.73. The molecular weight excluding hydrogens is 295 g/mol. The molecule has 0 bridgehead atoms. The van der Waals surface area contributed by atoms with Crippen LogP contribution in [-0.4, -0.2) is 26.9 Å². The van der Waals surface area contributed by atoms with Crippen LogP contribution in [0.3, 0.4) is 0 Å². The predicted octanol–water partition coefficient (Wildman–Crippen LogP) is 3.51. The zero-order valence-corrected chi connectivity index (χ0v) is 13.0. The van der Waals surface area contributed by atoms with E-state index in [-0.39, 0.29) is 17.9 Å². The lowest BCUT2D eigenvalue weighted by Gasteiger charge is -2.37. The number of rotatable bonds is 4. The smallest absolute Gasteiger partial charge is 0.317 e. The summed E-state index contributed by atoms with van der Waals surface area (Å²) in [7, 11) is 0. The van der Waals surface area contributed by atoms with Crippen LogP contribution in [0, 0.1) is 12.7 Å². The van der Waals surface area contributed by atoms with Crippen LogP contribution in [0.15, 0.2) is 36.7 Å². The van der Waals surface area contributed by atoms with Crippen molar-refractivity contribution in [1.29, 1.82) is 0 Å². The van der Waals surface area contributed by atoms with Gasteiger partial charge in [0, 0.05) is 12.6 Å². The molecule has 5 nitrogen and oxygen atoms in total. The van der Waals surface area contributed by atoms with E-state index >= 15 is 0 Å². The van der Waals surface area contributed by atoms with Gasteiger partial charge in [-0.1, -0.05) is 12.1 Å². The molecule has 1 fully saturated rings. The number of benzene rings is 1. The summed E-state index contributed by atoms with van der Waals surface area (Å²) in [5, 5.41) is 2.82. The van der Waals surface area contributed by atoms with Crippen molar-refractivity contribution in [1.82, 2.24) is 14.9 Å². The first-order chi connectivity index (χ1) is 11.1. The van der Waals surface area contributed by atoms with Crippen LogP contribution >= 0.6 is 0 Å². The number of nitrogens with one attached hydrogen (secondary N) is 1. The quantitative estimate of drug-likeness (QED) is 0.939. The summed E-state index contributed by atoms with van der Waals surface area (Å²) in [6.45, 7) is 2.18. The van der Waals surface area contributed by atoms with Crippen LogP contribution in [-0.2, 0) is 6.54 Å². The number of nitrogens with zero attached hydrogens (tertiary/aromatic N) is 3. The molecule has 0 saturated heterocycles. The summed E-state index contributed by atoms with van der Waals surface area (Å²) < 4.78 is 13.4. The third-order valence-electron chi connectivity index (χ3n) is 4.05. The summed E-state index contributed by atoms with van der Waals surface area (Å²) >= 11 is 0. The molecule has 3 rings (SSSR count). The Bertz CT molecular complexity index is 685. The van der Waals surface area contributed by atoms with Crippen molar-refractivity contribution in [3.8, 4) is 0 Å². The standard InChI is InChI=1S/C17H19FN4O/c1-12-19-9-15(10-20-12)21-17(23)22(16-6-3-7-16)11-13-4-2-5-14(18)8-13/h2,4-5,8-10,16H,3,6-7,11H2,1H3,(H,21,23). The van der Waals surface area contributed by atoms with Gasteiger partial charge in [-0.25, -0.2) is 19.2 Å². The van der Waals surface area contributed by atoms with Gasteiger partial charge < -0.3 is 10.2 Å². The van der Waals surface area contributed by atoms with E-state index in [1.807, 2.05) is 6.07 Å². The first-order valence-corrected chi connectivity index (χ1v) is 7.72. The Morgan fingerprint density at radius 3 is 2.70 bits per heavy atom. The number of urea groups is 1. The van der Waals surface area contributed by atoms with Gasteiger partial charge in [0.2, 0.25) is 0 Å². The number of carbonyl (C=O) groups is 1. The highest BCUT2D eigenvalue weighted by Crippen LogP contribution is 2.27. The molecule has 1 aliphatic carbocycles. The monoisotopic (exact) mass is 314 g/mol. The van der Waals surface area contributed by atoms with Gasteiger partial charge in [0.15, 0.2) is 0 Å². The van der Waals surface area contributed by atoms with Crippen LogP contribution in [0.1, 0.15) is 30.7 Å². The fraction of sp³-hybridized carbons (Fsp3) is 0.353. The zero-order chi connectivity index (χ0) is 16.2. The summed E-state index contributed by atoms with van der Waals surface area (Å²) in [5.41, 5.74) is 1.34. The summed E-state index contributed by atoms with van der Waals surface area (Å²) in [5.74, 6) is 0.363. The van der Waals surface area contributed by atoms with Crippen molar-refractivity contribution < 1.29 is 9.18 Å². The molecule has 0 radical (unpaired) electrons. The Hall–Kier alpha value is -2.50. The molecule has 2 aromatic rings. The average molecular weight is 314 g/mol. The fourth-order valence-corrected chi connectivity index (χ4v) is 2.55. The highest BCUT2D eigenvalue weighted by Gasteiger charge is 2.29. The lowest BCUT2D eigenvalue weighted by atomic mass is 9.91. The molecule has 2 amide bonds. The van der Waals surface area contributed by atoms with Crippen LogP contribution in [0.2, 0.25) is 0 Å². The number of aromatic nitrogens is 2. The maximum Gasteiger partial charge on any atom is 0.322 e. The number of hydrogen-bond acceptors (Lipinski definition) is 3. The highest BCUT2D eigenvalue weighted by molar-refractivity contribution is 5.89. The Balaban J connectivity index is 1.73. The highest BCUT2D eigenvalue weighted by atomic mass is 19.1. The molecule has 0 aliphatic heterocycles. The third kappa shape index (κ3) is 3.83. The molecule has 1 N–H and O–H groups in total. The Kier molecular flexibility index (Phi) is 4.50. The summed E-state index contributed by atoms with van der Waals surface area (Å²) in [6.07, 6.45) is 6.24. The first kappa shape index (κ1) is 15.4. The van der Waals surface area contributed by atoms with E-state index in [9.17, 15) is 9.18 Å². The van der Waals surface area contributed by atoms with Gasteiger partial charge in [0.05, 0.1) is 18.1 Å². The number of anilines is 1. The number of aryl methyl sites for hydroxylation is 1. The van der Waals surface area contributed by atoms with Crippen molar-refractivity contribution in [3.63, 3.8) is 0 Å². The molecule has 1 aromatic heterocycles. The van der Waals surface area contributed by atoms with Crippen molar-refractivity contribution in [2.45, 2.75) is 38.8 Å². The minimum Gasteiger partial charge on any atom is -0.317 e. The lowest BCUT2D eigenvalue weighted by Crippen LogP contribution is -2.45. The van der Waals surface area contributed by atoms with Crippen molar-refractivity contribution in [3.05, 3.63) is 53.9 Å². The Labute approximate surface area is 134 Å². The molecule has 0 spiro atoms. The zero-order valence-electron chi connectivity index (χ0n) is 13.0. The van der Waals surface area contributed by atoms with E-state index in [2.05, 4.69) is 15.3 Å². The maximum absolute atomic E-state index is 13.4. The molecule has 23 heavy (non-hydrogen) atoms. The van der Waals surface area contributed by atoms with E-state index < -0.39 is 0 Å². The van der Waals surface area contributed by atoms with Crippen LogP contribution in [0.4, 0.5) is 14.9 Å². The van der Waals surface area contributed by atoms with E-state index in [0.717, 1.165) is 24.8 Å².